The zero-order chi connectivity index (χ0) is 19.9. The van der Waals surface area contributed by atoms with Crippen LogP contribution in [0, 0.1) is 0 Å². The second kappa shape index (κ2) is 9.37. The summed E-state index contributed by atoms with van der Waals surface area (Å²) >= 11 is 5.83. The Morgan fingerprint density at radius 2 is 1.93 bits per heavy atom. The summed E-state index contributed by atoms with van der Waals surface area (Å²) in [5, 5.41) is 3.38. The minimum atomic E-state index is -0.596. The maximum absolute atomic E-state index is 12.2. The van der Waals surface area contributed by atoms with Gasteiger partial charge in [-0.1, -0.05) is 29.8 Å². The van der Waals surface area contributed by atoms with Crippen LogP contribution in [0.1, 0.15) is 28.8 Å². The van der Waals surface area contributed by atoms with Gasteiger partial charge in [-0.05, 0) is 48.7 Å². The van der Waals surface area contributed by atoms with Gasteiger partial charge in [-0.15, -0.1) is 0 Å². The number of amides is 2. The van der Waals surface area contributed by atoms with Crippen LogP contribution in [0.15, 0.2) is 48.5 Å². The van der Waals surface area contributed by atoms with Gasteiger partial charge in [-0.25, -0.2) is 4.79 Å². The van der Waals surface area contributed by atoms with E-state index in [1.807, 2.05) is 12.1 Å². The molecule has 6 nitrogen and oxygen atoms in total. The molecular formula is C21H21ClN2O4. The van der Waals surface area contributed by atoms with Crippen LogP contribution in [0.3, 0.4) is 0 Å². The van der Waals surface area contributed by atoms with Crippen LogP contribution in [0.5, 0.6) is 0 Å². The van der Waals surface area contributed by atoms with Crippen molar-refractivity contribution < 1.29 is 19.1 Å². The number of benzene rings is 2. The first-order chi connectivity index (χ1) is 13.5. The predicted molar refractivity (Wildman–Crippen MR) is 106 cm³/mol. The molecule has 2 aromatic carbocycles. The minimum Gasteiger partial charge on any atom is -0.452 e. The Bertz CT molecular complexity index is 867. The Hall–Kier alpha value is -2.86. The van der Waals surface area contributed by atoms with Crippen molar-refractivity contribution >= 4 is 35.1 Å². The van der Waals surface area contributed by atoms with Gasteiger partial charge in [0.05, 0.1) is 5.56 Å². The van der Waals surface area contributed by atoms with E-state index in [0.29, 0.717) is 42.2 Å². The third kappa shape index (κ3) is 5.33. The first-order valence-corrected chi connectivity index (χ1v) is 9.49. The number of hydrogen-bond acceptors (Lipinski definition) is 4. The summed E-state index contributed by atoms with van der Waals surface area (Å²) in [4.78, 5) is 37.6. The van der Waals surface area contributed by atoms with Gasteiger partial charge in [-0.3, -0.25) is 9.59 Å². The topological polar surface area (TPSA) is 75.7 Å². The quantitative estimate of drug-likeness (QED) is 0.725. The lowest BCUT2D eigenvalue weighted by Crippen LogP contribution is -2.30. The maximum Gasteiger partial charge on any atom is 0.338 e. The molecule has 2 aromatic rings. The third-order valence-electron chi connectivity index (χ3n) is 4.45. The number of hydrogen-bond donors (Lipinski definition) is 1. The van der Waals surface area contributed by atoms with E-state index in [1.54, 1.807) is 41.3 Å². The monoisotopic (exact) mass is 400 g/mol. The summed E-state index contributed by atoms with van der Waals surface area (Å²) < 4.78 is 5.08. The van der Waals surface area contributed by atoms with Crippen molar-refractivity contribution in [3.8, 4) is 0 Å². The average Bonchev–Trinajstić information content (AvgIpc) is 3.13. The molecule has 1 heterocycles. The summed E-state index contributed by atoms with van der Waals surface area (Å²) in [5.74, 6) is -0.917. The number of ether oxygens (including phenoxy) is 1. The van der Waals surface area contributed by atoms with Gasteiger partial charge in [0, 0.05) is 30.2 Å². The molecule has 0 radical (unpaired) electrons. The molecule has 0 aliphatic carbocycles. The first kappa shape index (κ1) is 19.9. The van der Waals surface area contributed by atoms with E-state index < -0.39 is 5.97 Å². The van der Waals surface area contributed by atoms with Gasteiger partial charge >= 0.3 is 5.97 Å². The molecule has 0 bridgehead atoms. The summed E-state index contributed by atoms with van der Waals surface area (Å²) in [6.07, 6.45) is 1.98. The van der Waals surface area contributed by atoms with Gasteiger partial charge in [0.1, 0.15) is 0 Å². The van der Waals surface area contributed by atoms with E-state index in [2.05, 4.69) is 5.32 Å². The minimum absolute atomic E-state index is 0.0468. The summed E-state index contributed by atoms with van der Waals surface area (Å²) in [6, 6.07) is 14.1. The Morgan fingerprint density at radius 1 is 1.14 bits per heavy atom. The molecule has 1 N–H and O–H groups in total. The van der Waals surface area contributed by atoms with Crippen molar-refractivity contribution in [2.45, 2.75) is 19.3 Å². The zero-order valence-electron chi connectivity index (χ0n) is 15.3. The molecule has 0 saturated carbocycles. The fourth-order valence-electron chi connectivity index (χ4n) is 2.98. The van der Waals surface area contributed by atoms with Crippen LogP contribution >= 0.6 is 11.6 Å². The summed E-state index contributed by atoms with van der Waals surface area (Å²) in [7, 11) is 0. The molecule has 3 rings (SSSR count). The fourth-order valence-corrected chi connectivity index (χ4v) is 3.11. The van der Waals surface area contributed by atoms with E-state index in [0.717, 1.165) is 12.0 Å². The highest BCUT2D eigenvalue weighted by Gasteiger charge is 2.22. The average molecular weight is 401 g/mol. The van der Waals surface area contributed by atoms with E-state index in [4.69, 9.17) is 16.3 Å². The largest absolute Gasteiger partial charge is 0.452 e. The highest BCUT2D eigenvalue weighted by molar-refractivity contribution is 6.30. The van der Waals surface area contributed by atoms with Crippen LogP contribution < -0.4 is 10.2 Å². The lowest BCUT2D eigenvalue weighted by Gasteiger charge is -2.16. The van der Waals surface area contributed by atoms with Crippen LogP contribution in [-0.4, -0.2) is 37.5 Å². The zero-order valence-corrected chi connectivity index (χ0v) is 16.1. The molecule has 7 heteroatoms. The van der Waals surface area contributed by atoms with Crippen LogP contribution in [0.4, 0.5) is 5.69 Å². The summed E-state index contributed by atoms with van der Waals surface area (Å²) in [5.41, 5.74) is 2.03. The normalized spacial score (nSPS) is 13.5. The third-order valence-corrected chi connectivity index (χ3v) is 4.70. The van der Waals surface area contributed by atoms with Gasteiger partial charge < -0.3 is 15.0 Å². The molecule has 2 amide bonds. The van der Waals surface area contributed by atoms with Crippen molar-refractivity contribution in [2.75, 3.05) is 24.6 Å². The SMILES string of the molecule is O=C(COC(=O)c1cccc(N2CCCC2=O)c1)NCCc1ccc(Cl)cc1. The lowest BCUT2D eigenvalue weighted by atomic mass is 10.1. The highest BCUT2D eigenvalue weighted by atomic mass is 35.5. The number of nitrogens with zero attached hydrogens (tertiary/aromatic N) is 1. The number of rotatable bonds is 7. The summed E-state index contributed by atoms with van der Waals surface area (Å²) in [6.45, 7) is 0.726. The molecule has 1 aliphatic heterocycles. The molecule has 0 atom stereocenters. The van der Waals surface area contributed by atoms with Crippen molar-refractivity contribution in [1.82, 2.24) is 5.32 Å². The first-order valence-electron chi connectivity index (χ1n) is 9.11. The highest BCUT2D eigenvalue weighted by Crippen LogP contribution is 2.22. The van der Waals surface area contributed by atoms with E-state index in [1.165, 1.54) is 0 Å². The van der Waals surface area contributed by atoms with E-state index in [-0.39, 0.29) is 18.4 Å². The Morgan fingerprint density at radius 3 is 2.64 bits per heavy atom. The van der Waals surface area contributed by atoms with Crippen LogP contribution in [-0.2, 0) is 20.7 Å². The van der Waals surface area contributed by atoms with Crippen molar-refractivity contribution in [3.63, 3.8) is 0 Å². The molecule has 0 aromatic heterocycles. The number of esters is 1. The smallest absolute Gasteiger partial charge is 0.338 e. The van der Waals surface area contributed by atoms with Gasteiger partial charge in [0.2, 0.25) is 5.91 Å². The van der Waals surface area contributed by atoms with Gasteiger partial charge in [0.25, 0.3) is 5.91 Å². The fraction of sp³-hybridized carbons (Fsp3) is 0.286. The number of carbonyl (C=O) groups excluding carboxylic acids is 3. The standard InChI is InChI=1S/C21H21ClN2O4/c22-17-8-6-15(7-9-17)10-11-23-19(25)14-28-21(27)16-3-1-4-18(13-16)24-12-2-5-20(24)26/h1,3-4,6-9,13H,2,5,10-12,14H2,(H,23,25). The Kier molecular flexibility index (Phi) is 6.66. The predicted octanol–water partition coefficient (Wildman–Crippen LogP) is 2.98. The second-order valence-electron chi connectivity index (χ2n) is 6.50. The molecule has 1 saturated heterocycles. The number of anilines is 1. The van der Waals surface area contributed by atoms with E-state index >= 15 is 0 Å². The maximum atomic E-state index is 12.2. The van der Waals surface area contributed by atoms with Crippen molar-refractivity contribution in [3.05, 3.63) is 64.7 Å². The van der Waals surface area contributed by atoms with Crippen molar-refractivity contribution in [2.24, 2.45) is 0 Å². The second-order valence-corrected chi connectivity index (χ2v) is 6.94. The number of halogens is 1. The van der Waals surface area contributed by atoms with Crippen LogP contribution in [0.2, 0.25) is 5.02 Å². The molecule has 0 unspecified atom stereocenters. The number of nitrogens with one attached hydrogen (secondary N) is 1. The van der Waals surface area contributed by atoms with Gasteiger partial charge in [0.15, 0.2) is 6.61 Å². The molecular weight excluding hydrogens is 380 g/mol. The molecule has 28 heavy (non-hydrogen) atoms. The van der Waals surface area contributed by atoms with Gasteiger partial charge in [-0.2, -0.15) is 0 Å². The molecule has 146 valence electrons. The molecule has 1 fully saturated rings. The van der Waals surface area contributed by atoms with E-state index in [9.17, 15) is 14.4 Å². The van der Waals surface area contributed by atoms with Crippen molar-refractivity contribution in [1.29, 1.82) is 0 Å². The Balaban J connectivity index is 1.45. The molecule has 0 spiro atoms. The molecule has 1 aliphatic rings. The number of carbonyl (C=O) groups is 3. The van der Waals surface area contributed by atoms with Crippen LogP contribution in [0.25, 0.3) is 0 Å². The Labute approximate surface area is 168 Å². The lowest BCUT2D eigenvalue weighted by molar-refractivity contribution is -0.124.